The lowest BCUT2D eigenvalue weighted by molar-refractivity contribution is 0.0595. The highest BCUT2D eigenvalue weighted by Gasteiger charge is 2.33. The number of likely N-dealkylation sites (tertiary alicyclic amines) is 1. The number of benzene rings is 2. The molecule has 258 valence electrons. The summed E-state index contributed by atoms with van der Waals surface area (Å²) >= 11 is 0. The summed E-state index contributed by atoms with van der Waals surface area (Å²) in [7, 11) is 0. The lowest BCUT2D eigenvalue weighted by Crippen LogP contribution is -2.43. The van der Waals surface area contributed by atoms with Gasteiger partial charge in [0.1, 0.15) is 29.8 Å². The molecule has 10 heteroatoms. The maximum Gasteiger partial charge on any atom is 0.253 e. The molecule has 47 heavy (non-hydrogen) atoms. The van der Waals surface area contributed by atoms with Gasteiger partial charge in [-0.2, -0.15) is 5.26 Å². The van der Waals surface area contributed by atoms with Crippen LogP contribution in [0.5, 0.6) is 11.5 Å². The predicted octanol–water partition coefficient (Wildman–Crippen LogP) is 6.56. The van der Waals surface area contributed by atoms with E-state index in [1.54, 1.807) is 0 Å². The van der Waals surface area contributed by atoms with Gasteiger partial charge in [-0.05, 0) is 91.8 Å². The Bertz CT molecular complexity index is 1370. The van der Waals surface area contributed by atoms with Gasteiger partial charge in [-0.25, -0.2) is 0 Å². The predicted molar refractivity (Wildman–Crippen MR) is 193 cm³/mol. The molecule has 0 spiro atoms. The van der Waals surface area contributed by atoms with Crippen LogP contribution in [0.3, 0.4) is 0 Å². The highest BCUT2D eigenvalue weighted by Crippen LogP contribution is 2.45. The minimum atomic E-state index is -0.0243. The lowest BCUT2D eigenvalue weighted by atomic mass is 9.68. The Labute approximate surface area is 293 Å². The topological polar surface area (TPSA) is 89.9 Å². The molecule has 3 saturated heterocycles. The van der Waals surface area contributed by atoms with Crippen molar-refractivity contribution >= 4 is 36.4 Å². The number of hydrogen-bond acceptors (Lipinski definition) is 7. The Balaban J connectivity index is 0.00000250. The fraction of sp³-hybridized carbons (Fsp3) is 0.622. The zero-order chi connectivity index (χ0) is 31.4. The Kier molecular flexibility index (Phi) is 13.1. The van der Waals surface area contributed by atoms with Crippen LogP contribution < -0.4 is 25.0 Å². The van der Waals surface area contributed by atoms with Gasteiger partial charge in [0.25, 0.3) is 5.91 Å². The molecule has 4 aliphatic rings. The van der Waals surface area contributed by atoms with Gasteiger partial charge in [0.15, 0.2) is 0 Å². The van der Waals surface area contributed by atoms with E-state index in [1.165, 1.54) is 18.4 Å². The number of nitrogens with zero attached hydrogens (tertiary/aromatic N) is 3. The van der Waals surface area contributed by atoms with Crippen LogP contribution in [0, 0.1) is 22.7 Å². The average Bonchev–Trinajstić information content (AvgIpc) is 3.58. The molecule has 2 aromatic carbocycles. The number of amides is 1. The number of piperazine rings is 1. The second kappa shape index (κ2) is 16.6. The number of hydrogen-bond donors (Lipinski definition) is 2. The number of anilines is 1. The number of rotatable bonds is 7. The molecule has 4 fully saturated rings. The second-order valence-corrected chi connectivity index (χ2v) is 14.5. The van der Waals surface area contributed by atoms with E-state index in [2.05, 4.69) is 54.5 Å². The van der Waals surface area contributed by atoms with Crippen LogP contribution in [0.15, 0.2) is 36.4 Å². The zero-order valence-corrected chi connectivity index (χ0v) is 29.9. The summed E-state index contributed by atoms with van der Waals surface area (Å²) in [5, 5.41) is 16.5. The lowest BCUT2D eigenvalue weighted by Gasteiger charge is -2.37. The highest BCUT2D eigenvalue weighted by atomic mass is 35.5. The maximum atomic E-state index is 13.8. The van der Waals surface area contributed by atoms with E-state index in [9.17, 15) is 10.1 Å². The Morgan fingerprint density at radius 3 is 2.15 bits per heavy atom. The van der Waals surface area contributed by atoms with Gasteiger partial charge in [-0.15, -0.1) is 24.8 Å². The van der Waals surface area contributed by atoms with E-state index < -0.39 is 0 Å². The van der Waals surface area contributed by atoms with Crippen molar-refractivity contribution in [1.29, 1.82) is 5.26 Å². The molecule has 1 atom stereocenters. The van der Waals surface area contributed by atoms with Crippen molar-refractivity contribution in [3.05, 3.63) is 53.1 Å². The normalized spacial score (nSPS) is 23.7. The Morgan fingerprint density at radius 1 is 0.809 bits per heavy atom. The largest absolute Gasteiger partial charge is 0.489 e. The van der Waals surface area contributed by atoms with E-state index in [4.69, 9.17) is 9.47 Å². The first-order valence-electron chi connectivity index (χ1n) is 17.3. The monoisotopic (exact) mass is 685 g/mol. The summed E-state index contributed by atoms with van der Waals surface area (Å²) in [4.78, 5) is 18.1. The molecule has 0 aromatic heterocycles. The third-order valence-corrected chi connectivity index (χ3v) is 10.5. The summed E-state index contributed by atoms with van der Waals surface area (Å²) in [5.41, 5.74) is 3.96. The molecular formula is C37H53Cl2N5O3. The van der Waals surface area contributed by atoms with Crippen molar-refractivity contribution in [2.75, 3.05) is 57.3 Å². The maximum absolute atomic E-state index is 13.8. The third-order valence-electron chi connectivity index (χ3n) is 10.5. The van der Waals surface area contributed by atoms with E-state index in [0.29, 0.717) is 35.7 Å². The first-order chi connectivity index (χ1) is 21.8. The Hall–Kier alpha value is -2.70. The minimum absolute atomic E-state index is 0. The summed E-state index contributed by atoms with van der Waals surface area (Å²) in [5.74, 6) is 2.86. The van der Waals surface area contributed by atoms with Crippen LogP contribution in [0.25, 0.3) is 0 Å². The number of carbonyl (C=O) groups is 1. The van der Waals surface area contributed by atoms with Crippen molar-refractivity contribution < 1.29 is 14.3 Å². The smallest absolute Gasteiger partial charge is 0.253 e. The Morgan fingerprint density at radius 2 is 1.51 bits per heavy atom. The van der Waals surface area contributed by atoms with Crippen molar-refractivity contribution in [3.8, 4) is 17.6 Å². The van der Waals surface area contributed by atoms with Crippen molar-refractivity contribution in [3.63, 3.8) is 0 Å². The van der Waals surface area contributed by atoms with E-state index in [1.807, 2.05) is 29.2 Å². The molecule has 6 rings (SSSR count). The van der Waals surface area contributed by atoms with Gasteiger partial charge in [-0.1, -0.05) is 20.8 Å². The molecule has 8 nitrogen and oxygen atoms in total. The average molecular weight is 687 g/mol. The molecule has 1 aliphatic carbocycles. The second-order valence-electron chi connectivity index (χ2n) is 14.5. The number of nitriles is 1. The summed E-state index contributed by atoms with van der Waals surface area (Å²) in [6.07, 6.45) is 7.39. The minimum Gasteiger partial charge on any atom is -0.489 e. The van der Waals surface area contributed by atoms with Crippen LogP contribution >= 0.6 is 24.8 Å². The van der Waals surface area contributed by atoms with Crippen LogP contribution in [0.2, 0.25) is 0 Å². The molecule has 1 amide bonds. The number of nitrogens with one attached hydrogen (secondary N) is 2. The van der Waals surface area contributed by atoms with E-state index in [-0.39, 0.29) is 42.9 Å². The van der Waals surface area contributed by atoms with Crippen molar-refractivity contribution in [2.24, 2.45) is 11.3 Å². The zero-order valence-electron chi connectivity index (χ0n) is 28.3. The first kappa shape index (κ1) is 37.1. The third kappa shape index (κ3) is 9.06. The molecule has 3 aliphatic heterocycles. The molecule has 2 aromatic rings. The molecule has 0 radical (unpaired) electrons. The van der Waals surface area contributed by atoms with Gasteiger partial charge in [-0.3, -0.25) is 4.79 Å². The SMILES string of the molecule is CC(C)(C)C1CCC(c2cc(C(=O)N3CCC(Oc4cc(N5CCNCC5)ccc4C#N)CC3)ccc2O[C@H]2CCNC2)CC1.Cl.Cl. The fourth-order valence-electron chi connectivity index (χ4n) is 7.65. The number of piperidine rings is 1. The number of halogens is 2. The van der Waals surface area contributed by atoms with Crippen LogP contribution in [-0.2, 0) is 0 Å². The van der Waals surface area contributed by atoms with Gasteiger partial charge in [0.05, 0.1) is 5.56 Å². The van der Waals surface area contributed by atoms with Gasteiger partial charge < -0.3 is 29.9 Å². The van der Waals surface area contributed by atoms with E-state index in [0.717, 1.165) is 94.3 Å². The van der Waals surface area contributed by atoms with E-state index >= 15 is 0 Å². The molecule has 3 heterocycles. The first-order valence-corrected chi connectivity index (χ1v) is 17.3. The summed E-state index contributed by atoms with van der Waals surface area (Å²) in [6, 6.07) is 14.4. The molecule has 0 unspecified atom stereocenters. The standard InChI is InChI=1S/C37H51N5O3.2ClH/c1-37(2,3)29-8-4-26(5-9-29)33-22-27(7-11-34(33)45-32-12-15-40-25-32)36(43)42-18-13-31(14-19-42)44-35-23-30(10-6-28(35)24-38)41-20-16-39-17-21-41;;/h6-7,10-11,22-23,26,29,31-32,39-40H,4-5,8-9,12-21,25H2,1-3H3;2*1H/t26?,29?,32-;;/m0../s1. The summed E-state index contributed by atoms with van der Waals surface area (Å²) in [6.45, 7) is 14.0. The molecule has 2 N–H and O–H groups in total. The summed E-state index contributed by atoms with van der Waals surface area (Å²) < 4.78 is 13.0. The molecular weight excluding hydrogens is 633 g/mol. The van der Waals surface area contributed by atoms with Crippen molar-refractivity contribution in [2.45, 2.75) is 83.8 Å². The molecule has 0 bridgehead atoms. The van der Waals surface area contributed by atoms with Gasteiger partial charge >= 0.3 is 0 Å². The van der Waals surface area contributed by atoms with Crippen molar-refractivity contribution in [1.82, 2.24) is 15.5 Å². The van der Waals surface area contributed by atoms with Crippen LogP contribution in [-0.4, -0.2) is 75.4 Å². The van der Waals surface area contributed by atoms with Crippen LogP contribution in [0.1, 0.15) is 93.1 Å². The fourth-order valence-corrected chi connectivity index (χ4v) is 7.65. The highest BCUT2D eigenvalue weighted by molar-refractivity contribution is 5.94. The van der Waals surface area contributed by atoms with Gasteiger partial charge in [0.2, 0.25) is 0 Å². The number of ether oxygens (including phenoxy) is 2. The van der Waals surface area contributed by atoms with Crippen LogP contribution in [0.4, 0.5) is 5.69 Å². The van der Waals surface area contributed by atoms with Gasteiger partial charge in [0, 0.05) is 76.0 Å². The quantitative estimate of drug-likeness (QED) is 0.341. The number of carbonyl (C=O) groups excluding carboxylic acids is 1. The molecule has 1 saturated carbocycles.